The van der Waals surface area contributed by atoms with Crippen LogP contribution in [0.4, 0.5) is 0 Å². The van der Waals surface area contributed by atoms with Gasteiger partial charge in [0.2, 0.25) is 0 Å². The summed E-state index contributed by atoms with van der Waals surface area (Å²) in [5, 5.41) is 0. The van der Waals surface area contributed by atoms with Gasteiger partial charge in [-0.15, -0.1) is 0 Å². The van der Waals surface area contributed by atoms with Crippen LogP contribution in [-0.2, 0) is 17.7 Å². The zero-order valence-electron chi connectivity index (χ0n) is 10.3. The first-order valence-corrected chi connectivity index (χ1v) is 5.72. The molecule has 0 atom stereocenters. The zero-order chi connectivity index (χ0) is 11.8. The van der Waals surface area contributed by atoms with E-state index >= 15 is 0 Å². The summed E-state index contributed by atoms with van der Waals surface area (Å²) < 4.78 is 5.05. The summed E-state index contributed by atoms with van der Waals surface area (Å²) >= 11 is 0. The molecule has 16 heavy (non-hydrogen) atoms. The van der Waals surface area contributed by atoms with Crippen molar-refractivity contribution < 1.29 is 4.74 Å². The van der Waals surface area contributed by atoms with Crippen LogP contribution in [0.5, 0.6) is 0 Å². The lowest BCUT2D eigenvalue weighted by Gasteiger charge is -2.16. The van der Waals surface area contributed by atoms with Gasteiger partial charge in [0, 0.05) is 26.7 Å². The first-order valence-electron chi connectivity index (χ1n) is 5.72. The second kappa shape index (κ2) is 7.39. The predicted octanol–water partition coefficient (Wildman–Crippen LogP) is 1.27. The van der Waals surface area contributed by atoms with Crippen molar-refractivity contribution >= 4 is 0 Å². The fourth-order valence-electron chi connectivity index (χ4n) is 1.67. The van der Waals surface area contributed by atoms with Crippen LogP contribution in [0.25, 0.3) is 0 Å². The van der Waals surface area contributed by atoms with Gasteiger partial charge >= 0.3 is 0 Å². The van der Waals surface area contributed by atoms with E-state index in [1.807, 2.05) is 6.07 Å². The van der Waals surface area contributed by atoms with Gasteiger partial charge in [0.15, 0.2) is 0 Å². The minimum atomic E-state index is 0.623. The minimum absolute atomic E-state index is 0.623. The van der Waals surface area contributed by atoms with Gasteiger partial charge in [-0.3, -0.25) is 0 Å². The summed E-state index contributed by atoms with van der Waals surface area (Å²) in [6.45, 7) is 3.43. The highest BCUT2D eigenvalue weighted by Gasteiger charge is 2.02. The molecule has 0 spiro atoms. The Morgan fingerprint density at radius 2 is 1.88 bits per heavy atom. The Bertz CT molecular complexity index is 302. The van der Waals surface area contributed by atoms with Crippen molar-refractivity contribution in [1.29, 1.82) is 0 Å². The summed E-state index contributed by atoms with van der Waals surface area (Å²) in [4.78, 5) is 2.27. The van der Waals surface area contributed by atoms with E-state index in [4.69, 9.17) is 10.5 Å². The molecular weight excluding hydrogens is 200 g/mol. The van der Waals surface area contributed by atoms with E-state index in [-0.39, 0.29) is 0 Å². The van der Waals surface area contributed by atoms with Crippen molar-refractivity contribution in [2.45, 2.75) is 13.0 Å². The molecule has 1 rings (SSSR count). The molecule has 0 aliphatic heterocycles. The van der Waals surface area contributed by atoms with Crippen molar-refractivity contribution in [3.05, 3.63) is 35.4 Å². The Labute approximate surface area is 98.2 Å². The molecule has 0 radical (unpaired) electrons. The number of benzene rings is 1. The molecule has 0 heterocycles. The number of likely N-dealkylation sites (N-methyl/N-ethyl adjacent to an activating group) is 1. The zero-order valence-corrected chi connectivity index (χ0v) is 10.3. The molecule has 1 aromatic carbocycles. The smallest absolute Gasteiger partial charge is 0.0589 e. The van der Waals surface area contributed by atoms with Crippen LogP contribution in [0.15, 0.2) is 24.3 Å². The number of hydrogen-bond donors (Lipinski definition) is 1. The summed E-state index contributed by atoms with van der Waals surface area (Å²) in [5.74, 6) is 0. The Morgan fingerprint density at radius 1 is 1.19 bits per heavy atom. The van der Waals surface area contributed by atoms with Crippen LogP contribution in [0.1, 0.15) is 11.1 Å². The maximum Gasteiger partial charge on any atom is 0.0589 e. The van der Waals surface area contributed by atoms with E-state index in [2.05, 4.69) is 30.1 Å². The molecule has 0 fully saturated rings. The van der Waals surface area contributed by atoms with Crippen LogP contribution < -0.4 is 5.73 Å². The van der Waals surface area contributed by atoms with Gasteiger partial charge in [-0.2, -0.15) is 0 Å². The second-order valence-corrected chi connectivity index (χ2v) is 4.02. The van der Waals surface area contributed by atoms with Crippen molar-refractivity contribution in [2.75, 3.05) is 33.9 Å². The molecule has 3 nitrogen and oxygen atoms in total. The van der Waals surface area contributed by atoms with Crippen LogP contribution in [0.3, 0.4) is 0 Å². The summed E-state index contributed by atoms with van der Waals surface area (Å²) in [6.07, 6.45) is 1.05. The van der Waals surface area contributed by atoms with Gasteiger partial charge in [-0.05, 0) is 24.6 Å². The Kier molecular flexibility index (Phi) is 6.08. The molecule has 1 aromatic rings. The monoisotopic (exact) mass is 222 g/mol. The van der Waals surface area contributed by atoms with E-state index in [0.29, 0.717) is 6.54 Å². The fraction of sp³-hybridized carbons (Fsp3) is 0.538. The van der Waals surface area contributed by atoms with Crippen LogP contribution in [-0.4, -0.2) is 38.8 Å². The molecule has 0 aliphatic rings. The van der Waals surface area contributed by atoms with Crippen molar-refractivity contribution in [2.24, 2.45) is 5.73 Å². The van der Waals surface area contributed by atoms with E-state index in [1.54, 1.807) is 7.11 Å². The normalized spacial score (nSPS) is 11.0. The Balaban J connectivity index is 2.41. The number of nitrogens with zero attached hydrogens (tertiary/aromatic N) is 1. The molecule has 0 saturated carbocycles. The SMILES string of the molecule is COCCN(C)CCc1ccccc1CN. The highest BCUT2D eigenvalue weighted by atomic mass is 16.5. The van der Waals surface area contributed by atoms with Gasteiger partial charge in [0.25, 0.3) is 0 Å². The van der Waals surface area contributed by atoms with Crippen LogP contribution in [0, 0.1) is 0 Å². The fourth-order valence-corrected chi connectivity index (χ4v) is 1.67. The number of hydrogen-bond acceptors (Lipinski definition) is 3. The average molecular weight is 222 g/mol. The Morgan fingerprint density at radius 3 is 2.50 bits per heavy atom. The quantitative estimate of drug-likeness (QED) is 0.755. The number of nitrogens with two attached hydrogens (primary N) is 1. The largest absolute Gasteiger partial charge is 0.383 e. The highest BCUT2D eigenvalue weighted by molar-refractivity contribution is 5.27. The van der Waals surface area contributed by atoms with E-state index in [9.17, 15) is 0 Å². The molecule has 0 saturated heterocycles. The number of methoxy groups -OCH3 is 1. The standard InChI is InChI=1S/C13H22N2O/c1-15(9-10-16-2)8-7-12-5-3-4-6-13(12)11-14/h3-6H,7-11,14H2,1-2H3. The molecule has 0 unspecified atom stereocenters. The van der Waals surface area contributed by atoms with Crippen LogP contribution in [0.2, 0.25) is 0 Å². The molecule has 90 valence electrons. The maximum absolute atomic E-state index is 5.70. The van der Waals surface area contributed by atoms with E-state index in [1.165, 1.54) is 11.1 Å². The Hall–Kier alpha value is -0.900. The molecule has 0 aromatic heterocycles. The highest BCUT2D eigenvalue weighted by Crippen LogP contribution is 2.08. The number of ether oxygens (including phenoxy) is 1. The predicted molar refractivity (Wildman–Crippen MR) is 67.4 cm³/mol. The van der Waals surface area contributed by atoms with Crippen molar-refractivity contribution in [3.8, 4) is 0 Å². The summed E-state index contributed by atoms with van der Waals surface area (Å²) in [5.41, 5.74) is 8.31. The summed E-state index contributed by atoms with van der Waals surface area (Å²) in [7, 11) is 3.85. The molecule has 3 heteroatoms. The molecule has 2 N–H and O–H groups in total. The molecule has 0 aliphatic carbocycles. The minimum Gasteiger partial charge on any atom is -0.383 e. The van der Waals surface area contributed by atoms with Gasteiger partial charge in [0.05, 0.1) is 6.61 Å². The second-order valence-electron chi connectivity index (χ2n) is 4.02. The first kappa shape index (κ1) is 13.2. The van der Waals surface area contributed by atoms with Gasteiger partial charge < -0.3 is 15.4 Å². The van der Waals surface area contributed by atoms with Gasteiger partial charge in [0.1, 0.15) is 0 Å². The van der Waals surface area contributed by atoms with Gasteiger partial charge in [-0.1, -0.05) is 24.3 Å². The third-order valence-corrected chi connectivity index (χ3v) is 2.78. The van der Waals surface area contributed by atoms with Crippen molar-refractivity contribution in [3.63, 3.8) is 0 Å². The first-order chi connectivity index (χ1) is 7.77. The van der Waals surface area contributed by atoms with Crippen molar-refractivity contribution in [1.82, 2.24) is 4.90 Å². The van der Waals surface area contributed by atoms with Crippen LogP contribution >= 0.6 is 0 Å². The third kappa shape index (κ3) is 4.31. The van der Waals surface area contributed by atoms with E-state index in [0.717, 1.165) is 26.1 Å². The van der Waals surface area contributed by atoms with Gasteiger partial charge in [-0.25, -0.2) is 0 Å². The lowest BCUT2D eigenvalue weighted by atomic mass is 10.0. The molecule has 0 amide bonds. The summed E-state index contributed by atoms with van der Waals surface area (Å²) in [6, 6.07) is 8.38. The lowest BCUT2D eigenvalue weighted by molar-refractivity contribution is 0.162. The number of rotatable bonds is 7. The van der Waals surface area contributed by atoms with E-state index < -0.39 is 0 Å². The topological polar surface area (TPSA) is 38.5 Å². The lowest BCUT2D eigenvalue weighted by Crippen LogP contribution is -2.25. The average Bonchev–Trinajstić information content (AvgIpc) is 2.34. The molecule has 0 bridgehead atoms. The maximum atomic E-state index is 5.70. The molecular formula is C13H22N2O. The third-order valence-electron chi connectivity index (χ3n) is 2.78.